The molecule has 0 saturated carbocycles. The maximum atomic E-state index is 12.4. The minimum absolute atomic E-state index is 0.0216. The Bertz CT molecular complexity index is 852. The molecule has 2 aromatic carbocycles. The first-order chi connectivity index (χ1) is 11.2. The second-order valence-corrected chi connectivity index (χ2v) is 7.40. The highest BCUT2D eigenvalue weighted by Crippen LogP contribution is 2.22. The summed E-state index contributed by atoms with van der Waals surface area (Å²) in [7, 11) is -4.70. The van der Waals surface area contributed by atoms with Crippen LogP contribution in [0.3, 0.4) is 0 Å². The van der Waals surface area contributed by atoms with Crippen molar-refractivity contribution in [1.82, 2.24) is 0 Å². The van der Waals surface area contributed by atoms with Crippen LogP contribution in [0.15, 0.2) is 47.4 Å². The maximum absolute atomic E-state index is 12.4. The van der Waals surface area contributed by atoms with E-state index >= 15 is 0 Å². The van der Waals surface area contributed by atoms with Crippen LogP contribution in [-0.4, -0.2) is 20.1 Å². The Morgan fingerprint density at radius 2 is 1.71 bits per heavy atom. The molecule has 0 aromatic heterocycles. The quantitative estimate of drug-likeness (QED) is 0.707. The second kappa shape index (κ2) is 7.46. The summed E-state index contributed by atoms with van der Waals surface area (Å²) in [6.07, 6.45) is 0. The summed E-state index contributed by atoms with van der Waals surface area (Å²) in [6.45, 7) is -0.119. The van der Waals surface area contributed by atoms with Crippen molar-refractivity contribution in [3.05, 3.63) is 63.6 Å². The summed E-state index contributed by atoms with van der Waals surface area (Å²) in [5, 5.41) is 0.763. The van der Waals surface area contributed by atoms with Crippen molar-refractivity contribution in [3.63, 3.8) is 0 Å². The molecule has 0 aliphatic heterocycles. The summed E-state index contributed by atoms with van der Waals surface area (Å²) in [4.78, 5) is 11.3. The van der Waals surface area contributed by atoms with Crippen molar-refractivity contribution in [3.8, 4) is 0 Å². The molecule has 2 aromatic rings. The van der Waals surface area contributed by atoms with Crippen LogP contribution < -0.4 is 0 Å². The van der Waals surface area contributed by atoms with E-state index in [0.717, 1.165) is 24.3 Å². The molecule has 0 spiro atoms. The maximum Gasteiger partial charge on any atom is 0.341 e. The van der Waals surface area contributed by atoms with E-state index in [1.54, 1.807) is 12.1 Å². The molecule has 0 bridgehead atoms. The molecule has 0 amide bonds. The van der Waals surface area contributed by atoms with Crippen LogP contribution in [0.4, 0.5) is 8.78 Å². The van der Waals surface area contributed by atoms with E-state index < -0.39 is 26.5 Å². The van der Waals surface area contributed by atoms with Crippen molar-refractivity contribution in [1.29, 1.82) is 0 Å². The van der Waals surface area contributed by atoms with E-state index in [4.69, 9.17) is 27.9 Å². The van der Waals surface area contributed by atoms with Crippen molar-refractivity contribution in [2.45, 2.75) is 17.3 Å². The van der Waals surface area contributed by atoms with Gasteiger partial charge in [-0.05, 0) is 36.4 Å². The molecule has 0 saturated heterocycles. The summed E-state index contributed by atoms with van der Waals surface area (Å²) in [5.41, 5.74) is 0.555. The molecule has 2 rings (SSSR count). The predicted octanol–water partition coefficient (Wildman–Crippen LogP) is 4.35. The highest BCUT2D eigenvalue weighted by Gasteiger charge is 2.26. The monoisotopic (exact) mass is 394 g/mol. The first kappa shape index (κ1) is 18.6. The summed E-state index contributed by atoms with van der Waals surface area (Å²) in [5.74, 6) is -4.27. The van der Waals surface area contributed by atoms with Gasteiger partial charge in [-0.15, -0.1) is 0 Å². The molecule has 0 aliphatic rings. The smallest absolute Gasteiger partial charge is 0.341 e. The van der Waals surface area contributed by atoms with Crippen LogP contribution in [0.1, 0.15) is 15.9 Å². The van der Waals surface area contributed by atoms with Gasteiger partial charge in [0, 0.05) is 15.6 Å². The van der Waals surface area contributed by atoms with Gasteiger partial charge < -0.3 is 4.74 Å². The lowest BCUT2D eigenvalue weighted by Gasteiger charge is -2.08. The zero-order valence-electron chi connectivity index (χ0n) is 11.9. The summed E-state index contributed by atoms with van der Waals surface area (Å²) >= 11 is 11.7. The molecule has 24 heavy (non-hydrogen) atoms. The van der Waals surface area contributed by atoms with Gasteiger partial charge in [0.1, 0.15) is 6.61 Å². The fourth-order valence-electron chi connectivity index (χ4n) is 1.75. The fraction of sp³-hybridized carbons (Fsp3) is 0.133. The molecule has 0 atom stereocenters. The number of hydrogen-bond acceptors (Lipinski definition) is 4. The molecule has 128 valence electrons. The average Bonchev–Trinajstić information content (AvgIpc) is 2.53. The van der Waals surface area contributed by atoms with Gasteiger partial charge in [0.05, 0.1) is 10.5 Å². The Balaban J connectivity index is 2.08. The molecular formula is C15H10Cl2F2O4S. The predicted molar refractivity (Wildman–Crippen MR) is 85.2 cm³/mol. The van der Waals surface area contributed by atoms with Crippen molar-refractivity contribution in [2.24, 2.45) is 0 Å². The number of ether oxygens (including phenoxy) is 1. The number of carbonyl (C=O) groups is 1. The zero-order valence-corrected chi connectivity index (χ0v) is 14.2. The molecule has 9 heteroatoms. The Hall–Kier alpha value is -1.70. The van der Waals surface area contributed by atoms with Crippen LogP contribution >= 0.6 is 23.2 Å². The Morgan fingerprint density at radius 1 is 1.08 bits per heavy atom. The van der Waals surface area contributed by atoms with Gasteiger partial charge in [-0.25, -0.2) is 13.2 Å². The Labute approximate surface area is 146 Å². The fourth-order valence-corrected chi connectivity index (χ4v) is 2.93. The molecule has 0 heterocycles. The van der Waals surface area contributed by atoms with E-state index in [2.05, 4.69) is 0 Å². The van der Waals surface area contributed by atoms with Gasteiger partial charge in [0.15, 0.2) is 0 Å². The van der Waals surface area contributed by atoms with Gasteiger partial charge in [0.25, 0.3) is 0 Å². The number of benzene rings is 2. The van der Waals surface area contributed by atoms with Crippen LogP contribution in [0, 0.1) is 0 Å². The van der Waals surface area contributed by atoms with Gasteiger partial charge in [0.2, 0.25) is 9.84 Å². The number of halogens is 4. The van der Waals surface area contributed by atoms with Gasteiger partial charge >= 0.3 is 11.7 Å². The minimum atomic E-state index is -4.70. The van der Waals surface area contributed by atoms with Crippen molar-refractivity contribution in [2.75, 3.05) is 0 Å². The Kier molecular flexibility index (Phi) is 5.79. The highest BCUT2D eigenvalue weighted by atomic mass is 35.5. The average molecular weight is 395 g/mol. The first-order valence-corrected chi connectivity index (χ1v) is 8.75. The molecule has 4 nitrogen and oxygen atoms in total. The number of hydrogen-bond donors (Lipinski definition) is 0. The largest absolute Gasteiger partial charge is 0.457 e. The lowest BCUT2D eigenvalue weighted by Crippen LogP contribution is -2.12. The number of carbonyl (C=O) groups excluding carboxylic acids is 1. The molecule has 0 unspecified atom stereocenters. The van der Waals surface area contributed by atoms with Gasteiger partial charge in [-0.1, -0.05) is 29.3 Å². The van der Waals surface area contributed by atoms with Crippen LogP contribution in [0.5, 0.6) is 0 Å². The molecular weight excluding hydrogens is 385 g/mol. The van der Waals surface area contributed by atoms with E-state index in [9.17, 15) is 22.0 Å². The van der Waals surface area contributed by atoms with Crippen LogP contribution in [0.25, 0.3) is 0 Å². The normalized spacial score (nSPS) is 11.5. The first-order valence-electron chi connectivity index (χ1n) is 6.45. The topological polar surface area (TPSA) is 60.4 Å². The van der Waals surface area contributed by atoms with E-state index in [-0.39, 0.29) is 12.2 Å². The Morgan fingerprint density at radius 3 is 2.25 bits per heavy atom. The molecule has 0 aliphatic carbocycles. The molecule has 0 fully saturated rings. The van der Waals surface area contributed by atoms with Crippen LogP contribution in [-0.2, 0) is 21.2 Å². The number of alkyl halides is 2. The second-order valence-electron chi connectivity index (χ2n) is 4.64. The van der Waals surface area contributed by atoms with Crippen molar-refractivity contribution >= 4 is 39.0 Å². The minimum Gasteiger partial charge on any atom is -0.457 e. The third-order valence-corrected chi connectivity index (χ3v) is 5.01. The van der Waals surface area contributed by atoms with E-state index in [1.165, 1.54) is 6.07 Å². The van der Waals surface area contributed by atoms with Gasteiger partial charge in [-0.2, -0.15) is 8.78 Å². The number of rotatable bonds is 5. The molecule has 0 radical (unpaired) electrons. The zero-order chi connectivity index (χ0) is 17.9. The van der Waals surface area contributed by atoms with E-state index in [0.29, 0.717) is 15.6 Å². The lowest BCUT2D eigenvalue weighted by atomic mass is 10.2. The highest BCUT2D eigenvalue weighted by molar-refractivity contribution is 7.91. The van der Waals surface area contributed by atoms with Crippen LogP contribution in [0.2, 0.25) is 10.0 Å². The SMILES string of the molecule is O=C(OCc1ccc(Cl)cc1Cl)c1ccc(S(=O)(=O)C(F)F)cc1. The summed E-state index contributed by atoms with van der Waals surface area (Å²) in [6, 6.07) is 8.72. The number of esters is 1. The summed E-state index contributed by atoms with van der Waals surface area (Å²) < 4.78 is 52.5. The third kappa shape index (κ3) is 4.23. The third-order valence-electron chi connectivity index (χ3n) is 3.03. The standard InChI is InChI=1S/C15H10Cl2F2O4S/c16-11-4-1-10(13(17)7-11)8-23-14(20)9-2-5-12(6-3-9)24(21,22)15(18)19/h1-7,15H,8H2. The number of sulfone groups is 1. The molecule has 0 N–H and O–H groups in total. The van der Waals surface area contributed by atoms with E-state index in [1.807, 2.05) is 0 Å². The van der Waals surface area contributed by atoms with Crippen molar-refractivity contribution < 1.29 is 26.7 Å². The van der Waals surface area contributed by atoms with Gasteiger partial charge in [-0.3, -0.25) is 0 Å². The lowest BCUT2D eigenvalue weighted by molar-refractivity contribution is 0.0473.